The molecule has 0 aromatic carbocycles. The van der Waals surface area contributed by atoms with Crippen molar-refractivity contribution in [3.63, 3.8) is 0 Å². The van der Waals surface area contributed by atoms with Gasteiger partial charge < -0.3 is 24.5 Å². The highest BCUT2D eigenvalue weighted by Crippen LogP contribution is 2.37. The Morgan fingerprint density at radius 1 is 0.844 bits per heavy atom. The summed E-state index contributed by atoms with van der Waals surface area (Å²) in [6.45, 7) is 11.0. The molecule has 1 aliphatic heterocycles. The fourth-order valence-corrected chi connectivity index (χ4v) is 5.83. The van der Waals surface area contributed by atoms with Crippen molar-refractivity contribution in [2.75, 3.05) is 19.8 Å². The molecule has 1 aliphatic rings. The van der Waals surface area contributed by atoms with Gasteiger partial charge in [0.15, 0.2) is 11.6 Å². The van der Waals surface area contributed by atoms with E-state index in [2.05, 4.69) is 17.2 Å². The lowest BCUT2D eigenvalue weighted by Crippen LogP contribution is -2.53. The highest BCUT2D eigenvalue weighted by Gasteiger charge is 2.46. The van der Waals surface area contributed by atoms with Gasteiger partial charge in [0, 0.05) is 35.8 Å². The molecule has 1 atom stereocenters. The van der Waals surface area contributed by atoms with Crippen molar-refractivity contribution in [1.82, 2.24) is 10.3 Å². The van der Waals surface area contributed by atoms with Gasteiger partial charge in [0.05, 0.1) is 19.6 Å². The van der Waals surface area contributed by atoms with Gasteiger partial charge >= 0.3 is 5.97 Å². The van der Waals surface area contributed by atoms with Gasteiger partial charge in [0.1, 0.15) is 6.10 Å². The predicted octanol–water partition coefficient (Wildman–Crippen LogP) is 8.62. The first-order chi connectivity index (χ1) is 21.6. The SMILES string of the molecule is CCCCCCCCCCCCCCCCCC(=O)NCCCOC(=O)CCc1[nH]ccc1C(=O)C1OC(C)(C)OCC1(C)C. The van der Waals surface area contributed by atoms with E-state index >= 15 is 0 Å². The van der Waals surface area contributed by atoms with Gasteiger partial charge in [-0.1, -0.05) is 111 Å². The third-order valence-corrected chi connectivity index (χ3v) is 8.73. The summed E-state index contributed by atoms with van der Waals surface area (Å²) in [5.74, 6) is -1.20. The second-order valence-electron chi connectivity index (χ2n) is 14.0. The van der Waals surface area contributed by atoms with Crippen molar-refractivity contribution < 1.29 is 28.6 Å². The highest BCUT2D eigenvalue weighted by molar-refractivity contribution is 6.01. The second kappa shape index (κ2) is 21.6. The molecule has 2 N–H and O–H groups in total. The summed E-state index contributed by atoms with van der Waals surface area (Å²) in [6.07, 6.45) is 22.4. The van der Waals surface area contributed by atoms with Crippen molar-refractivity contribution in [3.8, 4) is 0 Å². The van der Waals surface area contributed by atoms with Gasteiger partial charge in [-0.25, -0.2) is 0 Å². The maximum Gasteiger partial charge on any atom is 0.306 e. The number of Topliss-reactive ketones (excluding diaryl/α,β-unsaturated/α-hetero) is 1. The number of hydrogen-bond acceptors (Lipinski definition) is 6. The third kappa shape index (κ3) is 16.3. The molecular formula is C37H64N2O6. The fraction of sp³-hybridized carbons (Fsp3) is 0.811. The summed E-state index contributed by atoms with van der Waals surface area (Å²) in [4.78, 5) is 40.9. The molecule has 0 saturated carbocycles. The average molecular weight is 633 g/mol. The van der Waals surface area contributed by atoms with Gasteiger partial charge in [0.2, 0.25) is 5.91 Å². The summed E-state index contributed by atoms with van der Waals surface area (Å²) < 4.78 is 17.1. The highest BCUT2D eigenvalue weighted by atomic mass is 16.7. The molecule has 1 aromatic rings. The predicted molar refractivity (Wildman–Crippen MR) is 180 cm³/mol. The molecule has 1 aromatic heterocycles. The summed E-state index contributed by atoms with van der Waals surface area (Å²) in [5, 5.41) is 2.93. The van der Waals surface area contributed by atoms with Gasteiger partial charge in [-0.05, 0) is 39.2 Å². The Bertz CT molecular complexity index is 985. The standard InChI is InChI=1S/C37H64N2O6/c1-6-7-8-9-10-11-12-13-14-15-16-17-18-19-20-22-32(40)39-26-21-28-43-33(41)24-23-31-30(25-27-38-31)34(42)35-36(2,3)29-44-37(4,5)45-35/h25,27,35,38H,6-24,26,28-29H2,1-5H3,(H,39,40). The largest absolute Gasteiger partial charge is 0.466 e. The first-order valence-electron chi connectivity index (χ1n) is 18.0. The van der Waals surface area contributed by atoms with Crippen LogP contribution in [0, 0.1) is 5.41 Å². The minimum atomic E-state index is -0.832. The molecule has 1 unspecified atom stereocenters. The number of aromatic amines is 1. The van der Waals surface area contributed by atoms with Gasteiger partial charge in [-0.2, -0.15) is 0 Å². The Morgan fingerprint density at radius 3 is 2.02 bits per heavy atom. The van der Waals surface area contributed by atoms with Crippen LogP contribution in [-0.4, -0.2) is 54.3 Å². The number of unbranched alkanes of at least 4 members (excludes halogenated alkanes) is 14. The topological polar surface area (TPSA) is 107 Å². The zero-order chi connectivity index (χ0) is 33.0. The minimum absolute atomic E-state index is 0.0695. The number of rotatable bonds is 25. The summed E-state index contributed by atoms with van der Waals surface area (Å²) >= 11 is 0. The Balaban J connectivity index is 1.46. The van der Waals surface area contributed by atoms with E-state index < -0.39 is 17.3 Å². The lowest BCUT2D eigenvalue weighted by Gasteiger charge is -2.45. The van der Waals surface area contributed by atoms with Crippen LogP contribution in [0.1, 0.15) is 166 Å². The zero-order valence-corrected chi connectivity index (χ0v) is 29.2. The Kier molecular flexibility index (Phi) is 18.7. The van der Waals surface area contributed by atoms with E-state index in [1.807, 2.05) is 27.7 Å². The van der Waals surface area contributed by atoms with Crippen molar-refractivity contribution in [1.29, 1.82) is 0 Å². The van der Waals surface area contributed by atoms with Crippen molar-refractivity contribution in [2.45, 2.75) is 169 Å². The number of carbonyl (C=O) groups is 3. The Hall–Kier alpha value is -2.19. The molecule has 0 spiro atoms. The fourth-order valence-electron chi connectivity index (χ4n) is 5.83. The van der Waals surface area contributed by atoms with E-state index in [1.54, 1.807) is 12.3 Å². The van der Waals surface area contributed by atoms with Crippen LogP contribution in [0.15, 0.2) is 12.3 Å². The minimum Gasteiger partial charge on any atom is -0.466 e. The number of aromatic nitrogens is 1. The number of nitrogens with one attached hydrogen (secondary N) is 2. The number of esters is 1. The molecule has 0 bridgehead atoms. The van der Waals surface area contributed by atoms with E-state index in [-0.39, 0.29) is 30.7 Å². The Morgan fingerprint density at radius 2 is 1.42 bits per heavy atom. The molecule has 8 heteroatoms. The molecule has 2 rings (SSSR count). The summed E-state index contributed by atoms with van der Waals surface area (Å²) in [7, 11) is 0. The van der Waals surface area contributed by atoms with Crippen LogP contribution < -0.4 is 5.32 Å². The van der Waals surface area contributed by atoms with Crippen LogP contribution in [0.5, 0.6) is 0 Å². The van der Waals surface area contributed by atoms with E-state index in [0.717, 1.165) is 12.8 Å². The van der Waals surface area contributed by atoms with Crippen LogP contribution in [-0.2, 0) is 30.2 Å². The van der Waals surface area contributed by atoms with E-state index in [9.17, 15) is 14.4 Å². The maximum atomic E-state index is 13.4. The first-order valence-corrected chi connectivity index (χ1v) is 18.0. The number of hydrogen-bond donors (Lipinski definition) is 2. The van der Waals surface area contributed by atoms with E-state index in [4.69, 9.17) is 14.2 Å². The zero-order valence-electron chi connectivity index (χ0n) is 29.2. The van der Waals surface area contributed by atoms with Crippen LogP contribution in [0.3, 0.4) is 0 Å². The van der Waals surface area contributed by atoms with Gasteiger partial charge in [-0.3, -0.25) is 14.4 Å². The molecule has 1 amide bonds. The molecule has 1 fully saturated rings. The van der Waals surface area contributed by atoms with Crippen molar-refractivity contribution in [3.05, 3.63) is 23.5 Å². The van der Waals surface area contributed by atoms with Crippen LogP contribution in [0.4, 0.5) is 0 Å². The van der Waals surface area contributed by atoms with Crippen LogP contribution >= 0.6 is 0 Å². The summed E-state index contributed by atoms with van der Waals surface area (Å²) in [5.41, 5.74) is 0.767. The van der Waals surface area contributed by atoms with Crippen molar-refractivity contribution >= 4 is 17.7 Å². The molecule has 0 radical (unpaired) electrons. The van der Waals surface area contributed by atoms with Gasteiger partial charge in [-0.15, -0.1) is 0 Å². The van der Waals surface area contributed by atoms with Gasteiger partial charge in [0.25, 0.3) is 0 Å². The number of aryl methyl sites for hydroxylation is 1. The van der Waals surface area contributed by atoms with E-state index in [1.165, 1.54) is 83.5 Å². The van der Waals surface area contributed by atoms with Crippen molar-refractivity contribution in [2.24, 2.45) is 5.41 Å². The molecule has 2 heterocycles. The number of amides is 1. The quantitative estimate of drug-likeness (QED) is 0.0635. The lowest BCUT2D eigenvalue weighted by molar-refractivity contribution is -0.298. The van der Waals surface area contributed by atoms with E-state index in [0.29, 0.717) is 43.7 Å². The molecule has 8 nitrogen and oxygen atoms in total. The number of H-pyrrole nitrogens is 1. The third-order valence-electron chi connectivity index (χ3n) is 8.73. The number of carbonyl (C=O) groups excluding carboxylic acids is 3. The molecular weight excluding hydrogens is 568 g/mol. The number of ether oxygens (including phenoxy) is 3. The molecule has 1 saturated heterocycles. The first kappa shape index (κ1) is 39.0. The molecule has 45 heavy (non-hydrogen) atoms. The number of ketones is 1. The second-order valence-corrected chi connectivity index (χ2v) is 14.0. The normalized spacial score (nSPS) is 17.2. The molecule has 0 aliphatic carbocycles. The molecule has 258 valence electrons. The monoisotopic (exact) mass is 632 g/mol. The smallest absolute Gasteiger partial charge is 0.306 e. The Labute approximate surface area is 273 Å². The summed E-state index contributed by atoms with van der Waals surface area (Å²) in [6, 6.07) is 1.74. The maximum absolute atomic E-state index is 13.4. The average Bonchev–Trinajstić information content (AvgIpc) is 3.47. The van der Waals surface area contributed by atoms with Crippen LogP contribution in [0.25, 0.3) is 0 Å². The lowest BCUT2D eigenvalue weighted by atomic mass is 9.81. The van der Waals surface area contributed by atoms with Crippen LogP contribution in [0.2, 0.25) is 0 Å².